The lowest BCUT2D eigenvalue weighted by Gasteiger charge is -2.19. The first-order valence-corrected chi connectivity index (χ1v) is 17.1. The fourth-order valence-electron chi connectivity index (χ4n) is 3.66. The van der Waals surface area contributed by atoms with E-state index in [1.165, 1.54) is 0 Å². The molecule has 1 heterocycles. The summed E-state index contributed by atoms with van der Waals surface area (Å²) in [4.78, 5) is 16.2. The Morgan fingerprint density at radius 3 is 2.30 bits per heavy atom. The summed E-state index contributed by atoms with van der Waals surface area (Å²) in [5.74, 6) is 6.76. The summed E-state index contributed by atoms with van der Waals surface area (Å²) in [6.07, 6.45) is 1.08. The number of rotatable bonds is 12. The van der Waals surface area contributed by atoms with Crippen LogP contribution in [0.3, 0.4) is 0 Å². The number of carbonyl (C=O) groups excluding carboxylic acids is 1. The fraction of sp³-hybridized carbons (Fsp3) is 0.355. The Labute approximate surface area is 253 Å². The van der Waals surface area contributed by atoms with E-state index in [0.717, 1.165) is 6.26 Å². The smallest absolute Gasteiger partial charge is 0.407 e. The van der Waals surface area contributed by atoms with Crippen molar-refractivity contribution in [1.82, 2.24) is 10.3 Å². The predicted octanol–water partition coefficient (Wildman–Crippen LogP) is 4.52. The molecule has 0 aliphatic carbocycles. The van der Waals surface area contributed by atoms with Crippen LogP contribution in [0, 0.1) is 11.8 Å². The molecule has 1 amide bonds. The minimum Gasteiger partial charge on any atom is -0.494 e. The molecule has 1 N–H and O–H groups in total. The Bertz CT molecular complexity index is 1590. The highest BCUT2D eigenvalue weighted by Crippen LogP contribution is 2.44. The zero-order valence-electron chi connectivity index (χ0n) is 25.0. The van der Waals surface area contributed by atoms with Gasteiger partial charge in [0.05, 0.1) is 25.2 Å². The summed E-state index contributed by atoms with van der Waals surface area (Å²) < 4.78 is 59.0. The number of amides is 1. The fourth-order valence-corrected chi connectivity index (χ4v) is 6.04. The standard InChI is InChI=1S/C31H37N2O8PS/c1-6-39-42(35,28-11-8-7-9-12-28)29-22-25(21-26(33-29)23-40-43(5,36)37)14-13-24-15-17-27(18-16-24)38-20-10-19-32-30(34)41-31(2,3)4/h7-9,11-12,15-18,21-22H,6,10,19-20,23H2,1-5H3,(H,32,34). The summed E-state index contributed by atoms with van der Waals surface area (Å²) in [5, 5.41) is 3.15. The van der Waals surface area contributed by atoms with Gasteiger partial charge >= 0.3 is 6.09 Å². The minimum atomic E-state index is -3.74. The van der Waals surface area contributed by atoms with E-state index in [2.05, 4.69) is 22.1 Å². The zero-order chi connectivity index (χ0) is 31.5. The molecule has 2 aromatic carbocycles. The van der Waals surface area contributed by atoms with E-state index < -0.39 is 29.2 Å². The quantitative estimate of drug-likeness (QED) is 0.133. The molecular weight excluding hydrogens is 591 g/mol. The van der Waals surface area contributed by atoms with Gasteiger partial charge in [0.25, 0.3) is 17.5 Å². The molecule has 3 aromatic rings. The number of aromatic nitrogens is 1. The largest absolute Gasteiger partial charge is 0.494 e. The van der Waals surface area contributed by atoms with Crippen LogP contribution < -0.4 is 20.8 Å². The molecule has 12 heteroatoms. The molecule has 230 valence electrons. The Hall–Kier alpha value is -3.68. The molecule has 10 nitrogen and oxygen atoms in total. The van der Waals surface area contributed by atoms with Crippen LogP contribution >= 0.6 is 7.37 Å². The summed E-state index contributed by atoms with van der Waals surface area (Å²) in [5.41, 5.74) is 0.999. The maximum atomic E-state index is 14.1. The Morgan fingerprint density at radius 1 is 1.00 bits per heavy atom. The van der Waals surface area contributed by atoms with E-state index in [4.69, 9.17) is 18.2 Å². The molecule has 1 atom stereocenters. The molecule has 0 aliphatic rings. The molecule has 0 radical (unpaired) electrons. The zero-order valence-corrected chi connectivity index (χ0v) is 26.7. The number of benzene rings is 2. The van der Waals surface area contributed by atoms with Crippen molar-refractivity contribution >= 4 is 34.3 Å². The maximum Gasteiger partial charge on any atom is 0.407 e. The van der Waals surface area contributed by atoms with Crippen molar-refractivity contribution in [2.24, 2.45) is 0 Å². The monoisotopic (exact) mass is 628 g/mol. The third-order valence-corrected chi connectivity index (χ3v) is 8.44. The van der Waals surface area contributed by atoms with Crippen LogP contribution in [0.15, 0.2) is 66.7 Å². The SMILES string of the molecule is CCOP(=O)(c1ccccc1)c1cc(C#Cc2ccc(OCCCNC(=O)OC(C)(C)C)cc2)cc(COS(C)(=O)=O)n1. The third kappa shape index (κ3) is 11.5. The molecule has 1 aromatic heterocycles. The van der Waals surface area contributed by atoms with E-state index in [1.807, 2.05) is 0 Å². The van der Waals surface area contributed by atoms with Gasteiger partial charge in [-0.1, -0.05) is 30.0 Å². The second-order valence-electron chi connectivity index (χ2n) is 10.4. The third-order valence-electron chi connectivity index (χ3n) is 5.46. The van der Waals surface area contributed by atoms with Crippen molar-refractivity contribution in [1.29, 1.82) is 0 Å². The van der Waals surface area contributed by atoms with Crippen molar-refractivity contribution in [3.63, 3.8) is 0 Å². The summed E-state index contributed by atoms with van der Waals surface area (Å²) in [6, 6.07) is 19.1. The molecule has 43 heavy (non-hydrogen) atoms. The molecular formula is C31H37N2O8PS. The van der Waals surface area contributed by atoms with Crippen LogP contribution in [-0.2, 0) is 34.7 Å². The lowest BCUT2D eigenvalue weighted by Crippen LogP contribution is -2.33. The van der Waals surface area contributed by atoms with Gasteiger partial charge in [-0.3, -0.25) is 8.75 Å². The van der Waals surface area contributed by atoms with Crippen molar-refractivity contribution in [3.8, 4) is 17.6 Å². The Morgan fingerprint density at radius 2 is 1.67 bits per heavy atom. The molecule has 0 aliphatic heterocycles. The molecule has 1 unspecified atom stereocenters. The van der Waals surface area contributed by atoms with E-state index in [0.29, 0.717) is 41.8 Å². The minimum absolute atomic E-state index is 0.143. The Balaban J connectivity index is 1.75. The first-order chi connectivity index (χ1) is 20.3. The van der Waals surface area contributed by atoms with Gasteiger partial charge in [-0.25, -0.2) is 9.78 Å². The second-order valence-corrected chi connectivity index (χ2v) is 14.4. The number of nitrogens with one attached hydrogen (secondary N) is 1. The molecule has 3 rings (SSSR count). The van der Waals surface area contributed by atoms with Gasteiger partial charge in [-0.15, -0.1) is 0 Å². The maximum absolute atomic E-state index is 14.1. The second kappa shape index (κ2) is 15.2. The average Bonchev–Trinajstić information content (AvgIpc) is 2.94. The van der Waals surface area contributed by atoms with Gasteiger partial charge in [-0.05, 0) is 82.6 Å². The van der Waals surface area contributed by atoms with Gasteiger partial charge in [0, 0.05) is 23.0 Å². The van der Waals surface area contributed by atoms with Crippen LogP contribution in [0.25, 0.3) is 0 Å². The predicted molar refractivity (Wildman–Crippen MR) is 166 cm³/mol. The van der Waals surface area contributed by atoms with Gasteiger partial charge in [-0.2, -0.15) is 8.42 Å². The lowest BCUT2D eigenvalue weighted by atomic mass is 10.2. The van der Waals surface area contributed by atoms with Crippen LogP contribution in [-0.4, -0.2) is 51.1 Å². The average molecular weight is 629 g/mol. The highest BCUT2D eigenvalue weighted by Gasteiger charge is 2.30. The highest BCUT2D eigenvalue weighted by molar-refractivity contribution is 7.85. The van der Waals surface area contributed by atoms with E-state index in [9.17, 15) is 17.8 Å². The van der Waals surface area contributed by atoms with Crippen molar-refractivity contribution < 1.29 is 36.0 Å². The first-order valence-electron chi connectivity index (χ1n) is 13.7. The normalized spacial score (nSPS) is 12.9. The Kier molecular flexibility index (Phi) is 11.9. The van der Waals surface area contributed by atoms with Crippen LogP contribution in [0.5, 0.6) is 5.75 Å². The van der Waals surface area contributed by atoms with Gasteiger partial charge in [0.1, 0.15) is 23.4 Å². The van der Waals surface area contributed by atoms with Crippen LogP contribution in [0.1, 0.15) is 50.9 Å². The van der Waals surface area contributed by atoms with Crippen molar-refractivity contribution in [2.75, 3.05) is 26.0 Å². The number of nitrogens with zero attached hydrogens (tertiary/aromatic N) is 1. The molecule has 0 fully saturated rings. The number of hydrogen-bond acceptors (Lipinski definition) is 9. The van der Waals surface area contributed by atoms with Gasteiger partial charge in [0.2, 0.25) is 0 Å². The number of carbonyl (C=O) groups is 1. The summed E-state index contributed by atoms with van der Waals surface area (Å²) in [6.45, 7) is 7.80. The lowest BCUT2D eigenvalue weighted by molar-refractivity contribution is 0.0525. The van der Waals surface area contributed by atoms with Crippen LogP contribution in [0.2, 0.25) is 0 Å². The summed E-state index contributed by atoms with van der Waals surface area (Å²) in [7, 11) is -7.34. The molecule has 0 spiro atoms. The highest BCUT2D eigenvalue weighted by atomic mass is 32.2. The number of ether oxygens (including phenoxy) is 2. The number of pyridine rings is 1. The van der Waals surface area contributed by atoms with E-state index in [-0.39, 0.29) is 24.3 Å². The summed E-state index contributed by atoms with van der Waals surface area (Å²) >= 11 is 0. The van der Waals surface area contributed by atoms with Gasteiger partial charge < -0.3 is 19.3 Å². The number of alkyl carbamates (subject to hydrolysis) is 1. The van der Waals surface area contributed by atoms with Crippen molar-refractivity contribution in [2.45, 2.75) is 46.3 Å². The van der Waals surface area contributed by atoms with Gasteiger partial charge in [0.15, 0.2) is 0 Å². The van der Waals surface area contributed by atoms with Crippen LogP contribution in [0.4, 0.5) is 4.79 Å². The van der Waals surface area contributed by atoms with E-state index in [1.54, 1.807) is 94.4 Å². The molecule has 0 bridgehead atoms. The van der Waals surface area contributed by atoms with E-state index >= 15 is 0 Å². The topological polar surface area (TPSA) is 130 Å². The first kappa shape index (κ1) is 33.8. The van der Waals surface area contributed by atoms with Crippen molar-refractivity contribution in [3.05, 3.63) is 83.6 Å². The number of hydrogen-bond donors (Lipinski definition) is 1. The molecule has 0 saturated carbocycles. The molecule has 0 saturated heterocycles.